The highest BCUT2D eigenvalue weighted by molar-refractivity contribution is 5.60. The van der Waals surface area contributed by atoms with Crippen LogP contribution in [0.2, 0.25) is 0 Å². The van der Waals surface area contributed by atoms with Crippen LogP contribution in [0.3, 0.4) is 0 Å². The van der Waals surface area contributed by atoms with Gasteiger partial charge in [0.1, 0.15) is 25.9 Å². The van der Waals surface area contributed by atoms with Crippen molar-refractivity contribution in [2.75, 3.05) is 0 Å². The van der Waals surface area contributed by atoms with Gasteiger partial charge in [0.05, 0.1) is 5.56 Å². The molecule has 0 bridgehead atoms. The number of nitrogens with zero attached hydrogens (tertiary/aromatic N) is 7. The van der Waals surface area contributed by atoms with Gasteiger partial charge in [-0.2, -0.15) is 9.61 Å². The van der Waals surface area contributed by atoms with Gasteiger partial charge in [-0.05, 0) is 29.7 Å². The van der Waals surface area contributed by atoms with Gasteiger partial charge in [0, 0.05) is 16.7 Å². The monoisotopic (exact) mass is 403 g/mol. The maximum absolute atomic E-state index is 14.4. The fraction of sp³-hybridized carbons (Fsp3) is 0.316. The van der Waals surface area contributed by atoms with E-state index in [1.807, 2.05) is 20.8 Å². The molecule has 3 aromatic heterocycles. The van der Waals surface area contributed by atoms with Crippen molar-refractivity contribution in [1.29, 1.82) is 0 Å². The second kappa shape index (κ2) is 6.87. The van der Waals surface area contributed by atoms with Crippen LogP contribution in [-0.2, 0) is 19.0 Å². The Morgan fingerprint density at radius 2 is 2.03 bits per heavy atom. The lowest BCUT2D eigenvalue weighted by Gasteiger charge is -2.21. The predicted molar refractivity (Wildman–Crippen MR) is 100 cm³/mol. The summed E-state index contributed by atoms with van der Waals surface area (Å²) >= 11 is 0. The summed E-state index contributed by atoms with van der Waals surface area (Å²) in [6.45, 7) is 2.72. The van der Waals surface area contributed by atoms with E-state index in [0.29, 0.717) is 10.2 Å². The van der Waals surface area contributed by atoms with Gasteiger partial charge in [-0.1, -0.05) is 20.8 Å². The molecule has 0 saturated carbocycles. The van der Waals surface area contributed by atoms with Gasteiger partial charge in [0.25, 0.3) is 0 Å². The third-order valence-electron chi connectivity index (χ3n) is 4.24. The first-order chi connectivity index (χ1) is 15.3. The van der Waals surface area contributed by atoms with E-state index in [1.54, 1.807) is 6.07 Å². The van der Waals surface area contributed by atoms with E-state index < -0.39 is 30.3 Å². The molecule has 0 unspecified atom stereocenters. The Morgan fingerprint density at radius 3 is 2.79 bits per heavy atom. The van der Waals surface area contributed by atoms with E-state index in [4.69, 9.17) is 10.2 Å². The summed E-state index contributed by atoms with van der Waals surface area (Å²) in [7, 11) is 0. The number of rotatable bonds is 4. The van der Waals surface area contributed by atoms with Crippen LogP contribution in [0.5, 0.6) is 5.88 Å². The van der Waals surface area contributed by atoms with Crippen molar-refractivity contribution in [2.24, 2.45) is 6.98 Å². The molecule has 0 atom stereocenters. The molecule has 0 radical (unpaired) electrons. The lowest BCUT2D eigenvalue weighted by molar-refractivity contribution is 0.266. The topological polar surface area (TPSA) is 83.0 Å². The SMILES string of the molecule is [2H]c1nc(COc2nn3c(-c4cc(F)ccc4F)nnc3cc2C(C)(C)C)n(C([2H])([2H])[2H])n1. The molecule has 29 heavy (non-hydrogen) atoms. The quantitative estimate of drug-likeness (QED) is 0.521. The summed E-state index contributed by atoms with van der Waals surface area (Å²) in [5.74, 6) is -1.41. The summed E-state index contributed by atoms with van der Waals surface area (Å²) in [6.07, 6.45) is -0.466. The molecule has 0 aliphatic carbocycles. The third-order valence-corrected chi connectivity index (χ3v) is 4.24. The lowest BCUT2D eigenvalue weighted by Crippen LogP contribution is -2.17. The van der Waals surface area contributed by atoms with Crippen molar-refractivity contribution in [3.05, 3.63) is 53.6 Å². The summed E-state index contributed by atoms with van der Waals surface area (Å²) in [4.78, 5) is 3.81. The van der Waals surface area contributed by atoms with Crippen molar-refractivity contribution in [3.63, 3.8) is 0 Å². The number of hydrogen-bond donors (Lipinski definition) is 0. The average Bonchev–Trinajstić information content (AvgIpc) is 3.29. The van der Waals surface area contributed by atoms with E-state index >= 15 is 0 Å². The standard InChI is InChI=1S/C19H19F2N7O/c1-19(2,3)13-8-15-24-25-17(12-7-11(20)5-6-14(12)21)28(15)26-18(13)29-9-16-22-10-23-27(16)4/h5-8,10H,9H2,1-4H3/i4D3,10D. The smallest absolute Gasteiger partial charge is 0.236 e. The van der Waals surface area contributed by atoms with Crippen LogP contribution >= 0.6 is 0 Å². The van der Waals surface area contributed by atoms with Gasteiger partial charge >= 0.3 is 0 Å². The molecule has 10 heteroatoms. The predicted octanol–water partition coefficient (Wildman–Crippen LogP) is 3.07. The number of aromatic nitrogens is 7. The molecule has 0 aliphatic heterocycles. The van der Waals surface area contributed by atoms with Crippen LogP contribution in [0, 0.1) is 11.6 Å². The number of aryl methyl sites for hydroxylation is 1. The van der Waals surface area contributed by atoms with Crippen LogP contribution < -0.4 is 4.74 Å². The zero-order chi connectivity index (χ0) is 24.1. The minimum atomic E-state index is -2.65. The van der Waals surface area contributed by atoms with Crippen molar-refractivity contribution in [1.82, 2.24) is 34.6 Å². The van der Waals surface area contributed by atoms with Gasteiger partial charge in [0.15, 0.2) is 17.3 Å². The molecule has 0 fully saturated rings. The first-order valence-corrected chi connectivity index (χ1v) is 8.63. The van der Waals surface area contributed by atoms with Crippen LogP contribution in [0.15, 0.2) is 30.6 Å². The van der Waals surface area contributed by atoms with Gasteiger partial charge in [0.2, 0.25) is 5.88 Å². The molecule has 0 spiro atoms. The molecular formula is C19H19F2N7O. The highest BCUT2D eigenvalue weighted by Gasteiger charge is 2.24. The Hall–Kier alpha value is -3.43. The van der Waals surface area contributed by atoms with Crippen LogP contribution in [0.25, 0.3) is 17.0 Å². The highest BCUT2D eigenvalue weighted by atomic mass is 19.1. The molecule has 150 valence electrons. The Labute approximate surface area is 170 Å². The molecule has 1 aromatic carbocycles. The number of ether oxygens (including phenoxy) is 1. The molecule has 0 N–H and O–H groups in total. The Balaban J connectivity index is 1.81. The number of hydrogen-bond acceptors (Lipinski definition) is 6. The molecule has 8 nitrogen and oxygen atoms in total. The van der Waals surface area contributed by atoms with Crippen molar-refractivity contribution in [2.45, 2.75) is 32.8 Å². The maximum Gasteiger partial charge on any atom is 0.236 e. The molecular weight excluding hydrogens is 380 g/mol. The third kappa shape index (κ3) is 3.53. The Morgan fingerprint density at radius 1 is 1.21 bits per heavy atom. The molecule has 4 rings (SSSR count). The lowest BCUT2D eigenvalue weighted by atomic mass is 9.88. The largest absolute Gasteiger partial charge is 0.468 e. The molecule has 4 aromatic rings. The van der Waals surface area contributed by atoms with Crippen molar-refractivity contribution < 1.29 is 19.0 Å². The first kappa shape index (κ1) is 14.6. The second-order valence-electron chi connectivity index (χ2n) is 7.36. The number of fused-ring (bicyclic) bond motifs is 1. The van der Waals surface area contributed by atoms with Gasteiger partial charge < -0.3 is 4.74 Å². The minimum absolute atomic E-state index is 0.0357. The highest BCUT2D eigenvalue weighted by Crippen LogP contribution is 2.32. The summed E-state index contributed by atoms with van der Waals surface area (Å²) in [6, 6.07) is 4.61. The Kier molecular flexibility index (Phi) is 3.45. The number of halogens is 2. The zero-order valence-corrected chi connectivity index (χ0v) is 15.8. The molecule has 3 heterocycles. The molecule has 0 saturated heterocycles. The van der Waals surface area contributed by atoms with Crippen LogP contribution in [0.4, 0.5) is 8.78 Å². The van der Waals surface area contributed by atoms with E-state index in [9.17, 15) is 8.78 Å². The summed E-state index contributed by atoms with van der Waals surface area (Å²) in [5.41, 5.74) is 0.286. The second-order valence-corrected chi connectivity index (χ2v) is 7.36. The van der Waals surface area contributed by atoms with E-state index in [0.717, 1.165) is 18.2 Å². The number of benzene rings is 1. The normalized spacial score (nSPS) is 14.4. The zero-order valence-electron chi connectivity index (χ0n) is 19.8. The van der Waals surface area contributed by atoms with E-state index in [-0.39, 0.29) is 35.3 Å². The minimum Gasteiger partial charge on any atom is -0.468 e. The summed E-state index contributed by atoms with van der Waals surface area (Å²) in [5, 5.41) is 16.0. The van der Waals surface area contributed by atoms with Crippen molar-refractivity contribution >= 4 is 5.65 Å². The van der Waals surface area contributed by atoms with Crippen molar-refractivity contribution in [3.8, 4) is 17.3 Å². The van der Waals surface area contributed by atoms with Gasteiger partial charge in [-0.3, -0.25) is 4.68 Å². The first-order valence-electron chi connectivity index (χ1n) is 10.6. The van der Waals surface area contributed by atoms with E-state index in [1.165, 1.54) is 4.52 Å². The van der Waals surface area contributed by atoms with Gasteiger partial charge in [-0.15, -0.1) is 15.3 Å². The van der Waals surface area contributed by atoms with Gasteiger partial charge in [-0.25, -0.2) is 13.8 Å². The fourth-order valence-corrected chi connectivity index (χ4v) is 2.75. The van der Waals surface area contributed by atoms with E-state index in [2.05, 4.69) is 25.4 Å². The molecule has 0 aliphatic rings. The van der Waals surface area contributed by atoms with Crippen LogP contribution in [-0.4, -0.2) is 34.6 Å². The average molecular weight is 403 g/mol. The Bertz CT molecular complexity index is 1340. The maximum atomic E-state index is 14.4. The van der Waals surface area contributed by atoms with Crippen LogP contribution in [0.1, 0.15) is 37.6 Å². The summed E-state index contributed by atoms with van der Waals surface area (Å²) < 4.78 is 66.0. The fourth-order valence-electron chi connectivity index (χ4n) is 2.75. The molecule has 0 amide bonds.